The number of hydrogen-bond donors (Lipinski definition) is 1. The summed E-state index contributed by atoms with van der Waals surface area (Å²) in [5, 5.41) is 7.61. The van der Waals surface area contributed by atoms with Gasteiger partial charge in [-0.15, -0.1) is 0 Å². The second-order valence-electron chi connectivity index (χ2n) is 3.94. The average molecular weight is 178 g/mol. The van der Waals surface area contributed by atoms with Crippen LogP contribution in [0.4, 0.5) is 0 Å². The lowest BCUT2D eigenvalue weighted by atomic mass is 10.1. The maximum absolute atomic E-state index is 4.40. The molecule has 0 saturated heterocycles. The minimum absolute atomic E-state index is 1.14. The van der Waals surface area contributed by atoms with Gasteiger partial charge >= 0.3 is 0 Å². The van der Waals surface area contributed by atoms with Crippen molar-refractivity contribution in [3.05, 3.63) is 17.0 Å². The van der Waals surface area contributed by atoms with Crippen LogP contribution < -0.4 is 0 Å². The first-order chi connectivity index (χ1) is 6.42. The number of H-pyrrole nitrogens is 1. The van der Waals surface area contributed by atoms with Gasteiger partial charge in [0.25, 0.3) is 0 Å². The van der Waals surface area contributed by atoms with Crippen LogP contribution in [-0.2, 0) is 19.3 Å². The van der Waals surface area contributed by atoms with E-state index in [1.807, 2.05) is 0 Å². The van der Waals surface area contributed by atoms with Crippen molar-refractivity contribution < 1.29 is 0 Å². The molecule has 0 amide bonds. The van der Waals surface area contributed by atoms with E-state index in [0.29, 0.717) is 0 Å². The van der Waals surface area contributed by atoms with Gasteiger partial charge in [-0.2, -0.15) is 5.10 Å². The van der Waals surface area contributed by atoms with Crippen molar-refractivity contribution in [3.63, 3.8) is 0 Å². The van der Waals surface area contributed by atoms with Crippen molar-refractivity contribution in [3.8, 4) is 0 Å². The number of hydrogen-bond acceptors (Lipinski definition) is 1. The van der Waals surface area contributed by atoms with Gasteiger partial charge in [0.05, 0.1) is 5.69 Å². The topological polar surface area (TPSA) is 28.7 Å². The van der Waals surface area contributed by atoms with Gasteiger partial charge in [-0.25, -0.2) is 0 Å². The Hall–Kier alpha value is -0.790. The summed E-state index contributed by atoms with van der Waals surface area (Å²) in [7, 11) is 0. The van der Waals surface area contributed by atoms with E-state index in [0.717, 1.165) is 6.42 Å². The van der Waals surface area contributed by atoms with Crippen LogP contribution in [0.1, 0.15) is 49.6 Å². The van der Waals surface area contributed by atoms with E-state index in [9.17, 15) is 0 Å². The zero-order chi connectivity index (χ0) is 9.10. The highest BCUT2D eigenvalue weighted by molar-refractivity contribution is 5.26. The molecule has 0 atom stereocenters. The van der Waals surface area contributed by atoms with Gasteiger partial charge in [-0.1, -0.05) is 19.8 Å². The molecular formula is C11H18N2. The van der Waals surface area contributed by atoms with Gasteiger partial charge in [-0.3, -0.25) is 5.10 Å². The van der Waals surface area contributed by atoms with Crippen molar-refractivity contribution in [2.45, 2.75) is 51.9 Å². The van der Waals surface area contributed by atoms with E-state index >= 15 is 0 Å². The zero-order valence-corrected chi connectivity index (χ0v) is 8.40. The summed E-state index contributed by atoms with van der Waals surface area (Å²) >= 11 is 0. The number of fused-ring (bicyclic) bond motifs is 1. The molecule has 0 aliphatic heterocycles. The van der Waals surface area contributed by atoms with Gasteiger partial charge < -0.3 is 0 Å². The first-order valence-electron chi connectivity index (χ1n) is 5.46. The third-order valence-electron chi connectivity index (χ3n) is 2.88. The summed E-state index contributed by atoms with van der Waals surface area (Å²) < 4.78 is 0. The molecule has 2 heteroatoms. The van der Waals surface area contributed by atoms with Crippen LogP contribution in [-0.4, -0.2) is 10.2 Å². The van der Waals surface area contributed by atoms with Crippen molar-refractivity contribution in [2.24, 2.45) is 0 Å². The molecule has 0 saturated carbocycles. The molecule has 1 heterocycles. The van der Waals surface area contributed by atoms with Crippen LogP contribution in [0.5, 0.6) is 0 Å². The predicted molar refractivity (Wildman–Crippen MR) is 53.8 cm³/mol. The zero-order valence-electron chi connectivity index (χ0n) is 8.40. The third kappa shape index (κ3) is 1.77. The summed E-state index contributed by atoms with van der Waals surface area (Å²) in [6, 6.07) is 0. The van der Waals surface area contributed by atoms with Gasteiger partial charge in [0.15, 0.2) is 0 Å². The predicted octanol–water partition coefficient (Wildman–Crippen LogP) is 2.63. The summed E-state index contributed by atoms with van der Waals surface area (Å²) in [5.74, 6) is 0. The van der Waals surface area contributed by atoms with Crippen LogP contribution in [0.25, 0.3) is 0 Å². The molecular weight excluding hydrogens is 160 g/mol. The van der Waals surface area contributed by atoms with E-state index in [1.165, 1.54) is 49.9 Å². The number of rotatable bonds is 2. The molecule has 72 valence electrons. The number of nitrogens with zero attached hydrogens (tertiary/aromatic N) is 1. The SMILES string of the molecule is CCCc1n[nH]c2c1CCCCC2. The van der Waals surface area contributed by atoms with Crippen molar-refractivity contribution in [2.75, 3.05) is 0 Å². The minimum Gasteiger partial charge on any atom is -0.282 e. The van der Waals surface area contributed by atoms with Crippen LogP contribution in [0.3, 0.4) is 0 Å². The number of aromatic amines is 1. The number of aryl methyl sites for hydroxylation is 2. The first kappa shape index (κ1) is 8.79. The second kappa shape index (κ2) is 3.95. The number of aromatic nitrogens is 2. The Bertz CT molecular complexity index is 276. The van der Waals surface area contributed by atoms with Gasteiger partial charge in [-0.05, 0) is 37.7 Å². The lowest BCUT2D eigenvalue weighted by Gasteiger charge is -1.99. The molecule has 0 bridgehead atoms. The van der Waals surface area contributed by atoms with E-state index in [4.69, 9.17) is 0 Å². The second-order valence-corrected chi connectivity index (χ2v) is 3.94. The Labute approximate surface area is 79.7 Å². The van der Waals surface area contributed by atoms with E-state index in [2.05, 4.69) is 17.1 Å². The summed E-state index contributed by atoms with van der Waals surface area (Å²) in [4.78, 5) is 0. The molecule has 0 spiro atoms. The smallest absolute Gasteiger partial charge is 0.0656 e. The molecule has 2 nitrogen and oxygen atoms in total. The maximum atomic E-state index is 4.40. The molecule has 1 N–H and O–H groups in total. The molecule has 1 aromatic heterocycles. The molecule has 0 fully saturated rings. The summed E-state index contributed by atoms with van der Waals surface area (Å²) in [6.45, 7) is 2.22. The fourth-order valence-corrected chi connectivity index (χ4v) is 2.17. The Kier molecular flexibility index (Phi) is 2.67. The van der Waals surface area contributed by atoms with E-state index in [-0.39, 0.29) is 0 Å². The quantitative estimate of drug-likeness (QED) is 0.693. The highest BCUT2D eigenvalue weighted by atomic mass is 15.1. The van der Waals surface area contributed by atoms with Gasteiger partial charge in [0, 0.05) is 5.69 Å². The van der Waals surface area contributed by atoms with Crippen LogP contribution in [0.15, 0.2) is 0 Å². The summed E-state index contributed by atoms with van der Waals surface area (Å²) in [5.41, 5.74) is 4.29. The molecule has 0 radical (unpaired) electrons. The monoisotopic (exact) mass is 178 g/mol. The van der Waals surface area contributed by atoms with Crippen molar-refractivity contribution in [1.82, 2.24) is 10.2 Å². The molecule has 1 aliphatic rings. The lowest BCUT2D eigenvalue weighted by molar-refractivity contribution is 0.697. The molecule has 2 rings (SSSR count). The summed E-state index contributed by atoms with van der Waals surface area (Å²) in [6.07, 6.45) is 8.88. The largest absolute Gasteiger partial charge is 0.282 e. The molecule has 13 heavy (non-hydrogen) atoms. The Morgan fingerprint density at radius 1 is 1.23 bits per heavy atom. The molecule has 1 aromatic rings. The van der Waals surface area contributed by atoms with Gasteiger partial charge in [0.2, 0.25) is 0 Å². The van der Waals surface area contributed by atoms with E-state index in [1.54, 1.807) is 5.56 Å². The number of nitrogens with one attached hydrogen (secondary N) is 1. The van der Waals surface area contributed by atoms with Crippen LogP contribution in [0, 0.1) is 0 Å². The fourth-order valence-electron chi connectivity index (χ4n) is 2.17. The molecule has 0 aromatic carbocycles. The van der Waals surface area contributed by atoms with Crippen LogP contribution in [0.2, 0.25) is 0 Å². The molecule has 1 aliphatic carbocycles. The first-order valence-corrected chi connectivity index (χ1v) is 5.46. The minimum atomic E-state index is 1.14. The fraction of sp³-hybridized carbons (Fsp3) is 0.727. The third-order valence-corrected chi connectivity index (χ3v) is 2.88. The van der Waals surface area contributed by atoms with Crippen molar-refractivity contribution in [1.29, 1.82) is 0 Å². The van der Waals surface area contributed by atoms with Crippen molar-refractivity contribution >= 4 is 0 Å². The Balaban J connectivity index is 2.23. The Morgan fingerprint density at radius 3 is 2.92 bits per heavy atom. The van der Waals surface area contributed by atoms with Crippen LogP contribution >= 0.6 is 0 Å². The standard InChI is InChI=1S/C11H18N2/c1-2-6-10-9-7-4-3-5-8-11(9)13-12-10/h2-8H2,1H3,(H,12,13). The molecule has 0 unspecified atom stereocenters. The highest BCUT2D eigenvalue weighted by Crippen LogP contribution is 2.22. The normalized spacial score (nSPS) is 16.7. The maximum Gasteiger partial charge on any atom is 0.0656 e. The Morgan fingerprint density at radius 2 is 2.08 bits per heavy atom. The van der Waals surface area contributed by atoms with E-state index < -0.39 is 0 Å². The lowest BCUT2D eigenvalue weighted by Crippen LogP contribution is -1.92. The highest BCUT2D eigenvalue weighted by Gasteiger charge is 2.14. The average Bonchev–Trinajstić information content (AvgIpc) is 2.38. The van der Waals surface area contributed by atoms with Gasteiger partial charge in [0.1, 0.15) is 0 Å².